The van der Waals surface area contributed by atoms with Gasteiger partial charge in [0, 0.05) is 17.8 Å². The highest BCUT2D eigenvalue weighted by Gasteiger charge is 2.11. The van der Waals surface area contributed by atoms with E-state index in [-0.39, 0.29) is 24.0 Å². The first-order valence-corrected chi connectivity index (χ1v) is 6.97. The molecule has 1 amide bonds. The minimum atomic E-state index is -0.652. The summed E-state index contributed by atoms with van der Waals surface area (Å²) >= 11 is 1.48. The molecule has 9 nitrogen and oxygen atoms in total. The number of carbonyl (C=O) groups is 1. The average Bonchev–Trinajstić information content (AvgIpc) is 3.13. The molecule has 1 N–H and O–H groups in total. The van der Waals surface area contributed by atoms with Crippen LogP contribution in [0.4, 0.5) is 5.88 Å². The monoisotopic (exact) mass is 319 g/mol. The van der Waals surface area contributed by atoms with Gasteiger partial charge in [-0.15, -0.1) is 11.3 Å². The van der Waals surface area contributed by atoms with E-state index in [1.165, 1.54) is 29.7 Å². The lowest BCUT2D eigenvalue weighted by atomic mass is 10.3. The molecular formula is C12H9N5O4S. The molecule has 0 aliphatic rings. The summed E-state index contributed by atoms with van der Waals surface area (Å²) in [7, 11) is 0. The third-order valence-corrected chi connectivity index (χ3v) is 3.43. The van der Waals surface area contributed by atoms with Gasteiger partial charge in [0.1, 0.15) is 4.92 Å². The summed E-state index contributed by atoms with van der Waals surface area (Å²) in [6.07, 6.45) is 4.90. The maximum Gasteiger partial charge on any atom is 0.433 e. The lowest BCUT2D eigenvalue weighted by Crippen LogP contribution is -2.19. The van der Waals surface area contributed by atoms with Crippen LogP contribution in [-0.4, -0.2) is 26.4 Å². The molecule has 0 bridgehead atoms. The Labute approximate surface area is 127 Å². The van der Waals surface area contributed by atoms with E-state index in [0.29, 0.717) is 5.69 Å². The van der Waals surface area contributed by atoms with Crippen molar-refractivity contribution in [2.75, 3.05) is 0 Å². The van der Waals surface area contributed by atoms with Crippen molar-refractivity contribution in [2.45, 2.75) is 6.42 Å². The van der Waals surface area contributed by atoms with Crippen molar-refractivity contribution in [3.8, 4) is 0 Å². The zero-order valence-electron chi connectivity index (χ0n) is 11.0. The van der Waals surface area contributed by atoms with Gasteiger partial charge in [0.2, 0.25) is 5.91 Å². The van der Waals surface area contributed by atoms with Crippen LogP contribution in [0.25, 0.3) is 4.96 Å². The highest BCUT2D eigenvalue weighted by molar-refractivity contribution is 7.15. The predicted octanol–water partition coefficient (Wildman–Crippen LogP) is 1.59. The molecule has 0 aliphatic carbocycles. The Kier molecular flexibility index (Phi) is 3.66. The number of fused-ring (bicyclic) bond motifs is 1. The van der Waals surface area contributed by atoms with Gasteiger partial charge in [-0.2, -0.15) is 5.10 Å². The zero-order valence-corrected chi connectivity index (χ0v) is 11.8. The van der Waals surface area contributed by atoms with E-state index in [9.17, 15) is 14.9 Å². The SMILES string of the molecule is O=C(Cc1cn2ccsc2n1)NN=Cc1ccc([N+](=O)[O-])o1. The fourth-order valence-electron chi connectivity index (χ4n) is 1.74. The molecule has 0 saturated heterocycles. The fourth-order valence-corrected chi connectivity index (χ4v) is 2.46. The molecule has 3 rings (SSSR count). The van der Waals surface area contributed by atoms with Crippen molar-refractivity contribution in [3.63, 3.8) is 0 Å². The number of hydrazone groups is 1. The molecule has 22 heavy (non-hydrogen) atoms. The number of furan rings is 1. The number of carbonyl (C=O) groups excluding carboxylic acids is 1. The largest absolute Gasteiger partial charge is 0.433 e. The van der Waals surface area contributed by atoms with Crippen LogP contribution in [0.15, 0.2) is 39.4 Å². The van der Waals surface area contributed by atoms with Gasteiger partial charge in [-0.05, 0) is 6.07 Å². The maximum atomic E-state index is 11.7. The molecule has 3 aromatic heterocycles. The van der Waals surface area contributed by atoms with E-state index in [4.69, 9.17) is 4.42 Å². The second kappa shape index (κ2) is 5.77. The normalized spacial score (nSPS) is 11.3. The highest BCUT2D eigenvalue weighted by atomic mass is 32.1. The van der Waals surface area contributed by atoms with Gasteiger partial charge in [0.25, 0.3) is 0 Å². The van der Waals surface area contributed by atoms with Gasteiger partial charge in [-0.25, -0.2) is 10.4 Å². The van der Waals surface area contributed by atoms with E-state index in [2.05, 4.69) is 15.5 Å². The van der Waals surface area contributed by atoms with E-state index in [1.807, 2.05) is 16.0 Å². The average molecular weight is 319 g/mol. The molecular weight excluding hydrogens is 310 g/mol. The molecule has 0 aromatic carbocycles. The summed E-state index contributed by atoms with van der Waals surface area (Å²) < 4.78 is 6.69. The summed E-state index contributed by atoms with van der Waals surface area (Å²) in [4.78, 5) is 26.6. The van der Waals surface area contributed by atoms with Crippen LogP contribution in [0, 0.1) is 10.1 Å². The van der Waals surface area contributed by atoms with E-state index >= 15 is 0 Å². The number of aromatic nitrogens is 2. The first-order valence-electron chi connectivity index (χ1n) is 6.09. The van der Waals surface area contributed by atoms with Gasteiger partial charge in [0.15, 0.2) is 10.7 Å². The predicted molar refractivity (Wildman–Crippen MR) is 77.9 cm³/mol. The maximum absolute atomic E-state index is 11.7. The van der Waals surface area contributed by atoms with Crippen molar-refractivity contribution in [2.24, 2.45) is 5.10 Å². The topological polar surface area (TPSA) is 115 Å². The fraction of sp³-hybridized carbons (Fsp3) is 0.0833. The minimum Gasteiger partial charge on any atom is -0.400 e. The summed E-state index contributed by atoms with van der Waals surface area (Å²) in [6.45, 7) is 0. The number of thiazole rings is 1. The van der Waals surface area contributed by atoms with Gasteiger partial charge in [0.05, 0.1) is 24.4 Å². The molecule has 0 unspecified atom stereocenters. The molecule has 3 heterocycles. The smallest absolute Gasteiger partial charge is 0.400 e. The quantitative estimate of drug-likeness (QED) is 0.435. The zero-order chi connectivity index (χ0) is 15.5. The number of hydrogen-bond acceptors (Lipinski definition) is 7. The third kappa shape index (κ3) is 3.01. The lowest BCUT2D eigenvalue weighted by Gasteiger charge is -1.95. The number of imidazole rings is 1. The van der Waals surface area contributed by atoms with Gasteiger partial charge in [-0.1, -0.05) is 0 Å². The summed E-state index contributed by atoms with van der Waals surface area (Å²) in [6, 6.07) is 2.60. The molecule has 112 valence electrons. The highest BCUT2D eigenvalue weighted by Crippen LogP contribution is 2.14. The minimum absolute atomic E-state index is 0.0873. The number of hydrogen-bond donors (Lipinski definition) is 1. The van der Waals surface area contributed by atoms with Crippen LogP contribution in [0.5, 0.6) is 0 Å². The van der Waals surface area contributed by atoms with Crippen LogP contribution in [0.3, 0.4) is 0 Å². The van der Waals surface area contributed by atoms with Crippen LogP contribution < -0.4 is 5.43 Å². The first-order chi connectivity index (χ1) is 10.6. The molecule has 0 spiro atoms. The summed E-state index contributed by atoms with van der Waals surface area (Å²) in [5, 5.41) is 16.0. The molecule has 0 fully saturated rings. The van der Waals surface area contributed by atoms with E-state index in [0.717, 1.165) is 4.96 Å². The number of rotatable bonds is 5. The second-order valence-electron chi connectivity index (χ2n) is 4.23. The van der Waals surface area contributed by atoms with Crippen molar-refractivity contribution < 1.29 is 14.1 Å². The molecule has 0 aliphatic heterocycles. The summed E-state index contributed by atoms with van der Waals surface area (Å²) in [5.74, 6) is -0.552. The Morgan fingerprint density at radius 1 is 1.59 bits per heavy atom. The van der Waals surface area contributed by atoms with E-state index < -0.39 is 4.92 Å². The first kappa shape index (κ1) is 13.9. The Hall–Kier alpha value is -3.01. The standard InChI is InChI=1S/C12H9N5O4S/c18-10(5-8-7-16-3-4-22-12(16)14-8)15-13-6-9-1-2-11(21-9)17(19)20/h1-4,6-7H,5H2,(H,15,18). The van der Waals surface area contributed by atoms with Crippen LogP contribution >= 0.6 is 11.3 Å². The Balaban J connectivity index is 1.56. The van der Waals surface area contributed by atoms with Gasteiger partial charge < -0.3 is 4.42 Å². The van der Waals surface area contributed by atoms with Crippen LogP contribution in [0.1, 0.15) is 11.5 Å². The number of nitro groups is 1. The van der Waals surface area contributed by atoms with Gasteiger partial charge >= 0.3 is 5.88 Å². The third-order valence-electron chi connectivity index (χ3n) is 2.66. The Morgan fingerprint density at radius 3 is 3.18 bits per heavy atom. The molecule has 0 saturated carbocycles. The number of nitrogens with one attached hydrogen (secondary N) is 1. The Morgan fingerprint density at radius 2 is 2.45 bits per heavy atom. The lowest BCUT2D eigenvalue weighted by molar-refractivity contribution is -0.402. The Bertz CT molecular complexity index is 833. The van der Waals surface area contributed by atoms with Crippen LogP contribution in [0.2, 0.25) is 0 Å². The number of nitrogens with zero attached hydrogens (tertiary/aromatic N) is 4. The molecule has 3 aromatic rings. The van der Waals surface area contributed by atoms with E-state index in [1.54, 1.807) is 6.20 Å². The van der Waals surface area contributed by atoms with Crippen LogP contribution in [-0.2, 0) is 11.2 Å². The van der Waals surface area contributed by atoms with Crippen molar-refractivity contribution in [1.82, 2.24) is 14.8 Å². The molecule has 10 heteroatoms. The summed E-state index contributed by atoms with van der Waals surface area (Å²) in [5.41, 5.74) is 2.94. The van der Waals surface area contributed by atoms with Crippen molar-refractivity contribution >= 4 is 34.3 Å². The van der Waals surface area contributed by atoms with Crippen molar-refractivity contribution in [1.29, 1.82) is 0 Å². The molecule has 0 atom stereocenters. The van der Waals surface area contributed by atoms with Gasteiger partial charge in [-0.3, -0.25) is 19.3 Å². The molecule has 0 radical (unpaired) electrons. The second-order valence-corrected chi connectivity index (χ2v) is 5.10. The van der Waals surface area contributed by atoms with Crippen molar-refractivity contribution in [3.05, 3.63) is 51.5 Å². The number of amides is 1.